The molecule has 2 rings (SSSR count). The number of carbonyl (C=O) groups is 1. The number of rotatable bonds is 7. The molecule has 0 amide bonds. The van der Waals surface area contributed by atoms with Gasteiger partial charge in [-0.3, -0.25) is 13.9 Å². The fourth-order valence-electron chi connectivity index (χ4n) is 2.59. The minimum absolute atomic E-state index is 0.201. The predicted molar refractivity (Wildman–Crippen MR) is 84.0 cm³/mol. The Balaban J connectivity index is 2.11. The third-order valence-corrected chi connectivity index (χ3v) is 3.86. The third-order valence-electron chi connectivity index (χ3n) is 3.86. The van der Waals surface area contributed by atoms with Gasteiger partial charge in [0.05, 0.1) is 6.33 Å². The summed E-state index contributed by atoms with van der Waals surface area (Å²) in [4.78, 5) is 39.6. The minimum Gasteiger partial charge on any atom is -0.328 e. The Morgan fingerprint density at radius 2 is 1.82 bits per heavy atom. The van der Waals surface area contributed by atoms with Crippen molar-refractivity contribution in [3.63, 3.8) is 0 Å². The molecule has 0 unspecified atom stereocenters. The van der Waals surface area contributed by atoms with Crippen LogP contribution in [0, 0.1) is 0 Å². The number of ketones is 1. The van der Waals surface area contributed by atoms with Crippen LogP contribution < -0.4 is 11.2 Å². The van der Waals surface area contributed by atoms with E-state index in [4.69, 9.17) is 0 Å². The Labute approximate surface area is 128 Å². The van der Waals surface area contributed by atoms with Gasteiger partial charge in [0.25, 0.3) is 5.56 Å². The van der Waals surface area contributed by atoms with Gasteiger partial charge in [-0.05, 0) is 19.8 Å². The molecule has 0 aromatic carbocycles. The third kappa shape index (κ3) is 3.18. The maximum Gasteiger partial charge on any atom is 0.332 e. The first-order chi connectivity index (χ1) is 10.4. The molecule has 7 nitrogen and oxygen atoms in total. The van der Waals surface area contributed by atoms with E-state index in [9.17, 15) is 14.4 Å². The molecule has 0 radical (unpaired) electrons. The minimum atomic E-state index is -0.333. The van der Waals surface area contributed by atoms with Gasteiger partial charge in [0.15, 0.2) is 11.2 Å². The molecule has 120 valence electrons. The monoisotopic (exact) mass is 306 g/mol. The Kier molecular flexibility index (Phi) is 4.95. The molecule has 0 saturated carbocycles. The molecule has 2 heterocycles. The van der Waals surface area contributed by atoms with E-state index >= 15 is 0 Å². The zero-order valence-corrected chi connectivity index (χ0v) is 13.3. The van der Waals surface area contributed by atoms with Crippen LogP contribution in [0.3, 0.4) is 0 Å². The lowest BCUT2D eigenvalue weighted by Crippen LogP contribution is -2.39. The van der Waals surface area contributed by atoms with Crippen molar-refractivity contribution in [1.29, 1.82) is 0 Å². The SMILES string of the molecule is CC(=O)CCCCCCn1c(=O)c2c(ncn2C)n(C)c1=O. The van der Waals surface area contributed by atoms with Crippen molar-refractivity contribution in [1.82, 2.24) is 18.7 Å². The van der Waals surface area contributed by atoms with E-state index in [1.165, 1.54) is 15.5 Å². The first kappa shape index (κ1) is 16.2. The van der Waals surface area contributed by atoms with Gasteiger partial charge >= 0.3 is 5.69 Å². The molecule has 0 fully saturated rings. The zero-order valence-electron chi connectivity index (χ0n) is 13.3. The molecule has 2 aromatic rings. The van der Waals surface area contributed by atoms with E-state index in [-0.39, 0.29) is 17.0 Å². The van der Waals surface area contributed by atoms with Crippen molar-refractivity contribution in [3.05, 3.63) is 27.2 Å². The summed E-state index contributed by atoms with van der Waals surface area (Å²) in [5.74, 6) is 0.201. The summed E-state index contributed by atoms with van der Waals surface area (Å²) in [7, 11) is 3.37. The van der Waals surface area contributed by atoms with Crippen LogP contribution in [0.15, 0.2) is 15.9 Å². The van der Waals surface area contributed by atoms with Gasteiger partial charge in [-0.2, -0.15) is 0 Å². The van der Waals surface area contributed by atoms with Crippen LogP contribution >= 0.6 is 0 Å². The Morgan fingerprint density at radius 3 is 2.50 bits per heavy atom. The van der Waals surface area contributed by atoms with Crippen LogP contribution in [-0.2, 0) is 25.4 Å². The smallest absolute Gasteiger partial charge is 0.328 e. The highest BCUT2D eigenvalue weighted by atomic mass is 16.2. The van der Waals surface area contributed by atoms with Gasteiger partial charge in [-0.25, -0.2) is 9.78 Å². The lowest BCUT2D eigenvalue weighted by molar-refractivity contribution is -0.117. The van der Waals surface area contributed by atoms with E-state index < -0.39 is 0 Å². The normalized spacial score (nSPS) is 11.2. The molecule has 0 bridgehead atoms. The zero-order chi connectivity index (χ0) is 16.3. The summed E-state index contributed by atoms with van der Waals surface area (Å²) >= 11 is 0. The average molecular weight is 306 g/mol. The number of Topliss-reactive ketones (excluding diaryl/α,β-unsaturated/α-hetero) is 1. The number of imidazole rings is 1. The van der Waals surface area contributed by atoms with Crippen molar-refractivity contribution in [2.24, 2.45) is 14.1 Å². The van der Waals surface area contributed by atoms with Crippen molar-refractivity contribution in [3.8, 4) is 0 Å². The molecule has 0 spiro atoms. The summed E-state index contributed by atoms with van der Waals surface area (Å²) < 4.78 is 4.32. The summed E-state index contributed by atoms with van der Waals surface area (Å²) in [5.41, 5.74) is 0.232. The highest BCUT2D eigenvalue weighted by molar-refractivity contribution is 5.75. The number of fused-ring (bicyclic) bond motifs is 1. The first-order valence-electron chi connectivity index (χ1n) is 7.53. The second-order valence-corrected chi connectivity index (χ2v) is 5.69. The van der Waals surface area contributed by atoms with E-state index in [2.05, 4.69) is 4.98 Å². The van der Waals surface area contributed by atoms with Crippen LogP contribution in [0.4, 0.5) is 0 Å². The molecular formula is C15H22N4O3. The maximum atomic E-state index is 12.4. The lowest BCUT2D eigenvalue weighted by atomic mass is 10.1. The largest absolute Gasteiger partial charge is 0.332 e. The number of carbonyl (C=O) groups excluding carboxylic acids is 1. The van der Waals surface area contributed by atoms with Crippen molar-refractivity contribution < 1.29 is 4.79 Å². The van der Waals surface area contributed by atoms with Gasteiger partial charge in [0, 0.05) is 27.1 Å². The molecule has 2 aromatic heterocycles. The number of hydrogen-bond donors (Lipinski definition) is 0. The molecule has 22 heavy (non-hydrogen) atoms. The molecule has 7 heteroatoms. The molecule has 0 saturated heterocycles. The number of unbranched alkanes of at least 4 members (excludes halogenated alkanes) is 3. The van der Waals surface area contributed by atoms with Crippen LogP contribution in [-0.4, -0.2) is 24.5 Å². The summed E-state index contributed by atoms with van der Waals surface area (Å²) in [5, 5.41) is 0. The quantitative estimate of drug-likeness (QED) is 0.714. The van der Waals surface area contributed by atoms with Gasteiger partial charge in [0.2, 0.25) is 0 Å². The van der Waals surface area contributed by atoms with Crippen LogP contribution in [0.25, 0.3) is 11.2 Å². The van der Waals surface area contributed by atoms with E-state index in [1.54, 1.807) is 25.6 Å². The number of aromatic nitrogens is 4. The van der Waals surface area contributed by atoms with Gasteiger partial charge in [-0.1, -0.05) is 12.8 Å². The standard InChI is InChI=1S/C15H22N4O3/c1-11(20)8-6-4-5-7-9-19-14(21)12-13(16-10-17(12)2)18(3)15(19)22/h10H,4-9H2,1-3H3. The molecule has 0 N–H and O–H groups in total. The fourth-order valence-corrected chi connectivity index (χ4v) is 2.59. The maximum absolute atomic E-state index is 12.4. The van der Waals surface area contributed by atoms with Crippen LogP contribution in [0.5, 0.6) is 0 Å². The Bertz CT molecular complexity index is 797. The number of hydrogen-bond acceptors (Lipinski definition) is 4. The second-order valence-electron chi connectivity index (χ2n) is 5.69. The average Bonchev–Trinajstić information content (AvgIpc) is 2.85. The lowest BCUT2D eigenvalue weighted by Gasteiger charge is -2.08. The molecule has 0 aliphatic heterocycles. The number of aryl methyl sites for hydroxylation is 2. The molecule has 0 aliphatic carbocycles. The van der Waals surface area contributed by atoms with Crippen molar-refractivity contribution in [2.45, 2.75) is 45.6 Å². The van der Waals surface area contributed by atoms with Crippen LogP contribution in [0.2, 0.25) is 0 Å². The van der Waals surface area contributed by atoms with Crippen molar-refractivity contribution in [2.75, 3.05) is 0 Å². The second kappa shape index (κ2) is 6.72. The summed E-state index contributed by atoms with van der Waals surface area (Å²) in [6.45, 7) is 1.99. The van der Waals surface area contributed by atoms with Gasteiger partial charge < -0.3 is 9.36 Å². The molecule has 0 aliphatic rings. The summed E-state index contributed by atoms with van der Waals surface area (Å²) in [6.07, 6.45) is 5.58. The Morgan fingerprint density at radius 1 is 1.14 bits per heavy atom. The highest BCUT2D eigenvalue weighted by Crippen LogP contribution is 2.06. The number of nitrogens with zero attached hydrogens (tertiary/aromatic N) is 4. The fraction of sp³-hybridized carbons (Fsp3) is 0.600. The van der Waals surface area contributed by atoms with E-state index in [0.717, 1.165) is 25.7 Å². The predicted octanol–water partition coefficient (Wildman–Crippen LogP) is 0.973. The van der Waals surface area contributed by atoms with Crippen LogP contribution in [0.1, 0.15) is 39.0 Å². The van der Waals surface area contributed by atoms with Gasteiger partial charge in [0.1, 0.15) is 5.78 Å². The topological polar surface area (TPSA) is 78.9 Å². The van der Waals surface area contributed by atoms with E-state index in [1.807, 2.05) is 0 Å². The molecule has 0 atom stereocenters. The molecular weight excluding hydrogens is 284 g/mol. The van der Waals surface area contributed by atoms with E-state index in [0.29, 0.717) is 24.1 Å². The summed E-state index contributed by atoms with van der Waals surface area (Å²) in [6, 6.07) is 0. The van der Waals surface area contributed by atoms with Crippen molar-refractivity contribution >= 4 is 16.9 Å². The Hall–Kier alpha value is -2.18. The first-order valence-corrected chi connectivity index (χ1v) is 7.53. The highest BCUT2D eigenvalue weighted by Gasteiger charge is 2.14. The van der Waals surface area contributed by atoms with Gasteiger partial charge in [-0.15, -0.1) is 0 Å².